The van der Waals surface area contributed by atoms with Crippen molar-refractivity contribution in [3.8, 4) is 0 Å². The summed E-state index contributed by atoms with van der Waals surface area (Å²) in [4.78, 5) is 50.6. The fourth-order valence-corrected chi connectivity index (χ4v) is 3.93. The van der Waals surface area contributed by atoms with E-state index < -0.39 is 41.4 Å². The van der Waals surface area contributed by atoms with Crippen LogP contribution in [0.25, 0.3) is 0 Å². The number of esters is 1. The number of rotatable bonds is 8. The fraction of sp³-hybridized carbons (Fsp3) is 0.579. The summed E-state index contributed by atoms with van der Waals surface area (Å²) < 4.78 is 15.0. The number of hydrogen-bond donors (Lipinski definition) is 1. The summed E-state index contributed by atoms with van der Waals surface area (Å²) in [6, 6.07) is 0. The molecule has 9 heteroatoms. The highest BCUT2D eigenvalue weighted by Crippen LogP contribution is 2.63. The van der Waals surface area contributed by atoms with E-state index in [1.165, 1.54) is 19.2 Å². The minimum absolute atomic E-state index is 0.0390. The molecule has 0 bridgehead atoms. The molecule has 0 radical (unpaired) electrons. The van der Waals surface area contributed by atoms with Crippen molar-refractivity contribution >= 4 is 24.1 Å². The molecule has 4 atom stereocenters. The molecule has 2 aliphatic carbocycles. The summed E-state index contributed by atoms with van der Waals surface area (Å²) in [7, 11) is 1.28. The zero-order chi connectivity index (χ0) is 20.9. The van der Waals surface area contributed by atoms with Crippen LogP contribution in [0, 0.1) is 17.8 Å². The molecule has 9 nitrogen and oxygen atoms in total. The van der Waals surface area contributed by atoms with Crippen molar-refractivity contribution in [2.45, 2.75) is 25.3 Å². The number of amides is 3. The van der Waals surface area contributed by atoms with E-state index in [0.717, 1.165) is 4.90 Å². The van der Waals surface area contributed by atoms with Crippen LogP contribution in [0.2, 0.25) is 0 Å². The Bertz CT molecular complexity index is 677. The van der Waals surface area contributed by atoms with E-state index in [1.807, 2.05) is 0 Å². The summed E-state index contributed by atoms with van der Waals surface area (Å²) in [5.41, 5.74) is -1.44. The van der Waals surface area contributed by atoms with Crippen molar-refractivity contribution in [1.82, 2.24) is 10.2 Å². The lowest BCUT2D eigenvalue weighted by atomic mass is 9.88. The van der Waals surface area contributed by atoms with Gasteiger partial charge in [0.2, 0.25) is 0 Å². The first kappa shape index (κ1) is 21.5. The molecule has 0 aromatic rings. The van der Waals surface area contributed by atoms with Crippen LogP contribution >= 0.6 is 0 Å². The van der Waals surface area contributed by atoms with Gasteiger partial charge in [0, 0.05) is 13.0 Å². The summed E-state index contributed by atoms with van der Waals surface area (Å²) in [6.45, 7) is 8.71. The van der Waals surface area contributed by atoms with Gasteiger partial charge < -0.3 is 19.5 Å². The van der Waals surface area contributed by atoms with Gasteiger partial charge in [-0.25, -0.2) is 14.5 Å². The van der Waals surface area contributed by atoms with Crippen LogP contribution in [0.1, 0.15) is 19.8 Å². The Hall–Kier alpha value is -2.84. The van der Waals surface area contributed by atoms with Gasteiger partial charge in [-0.05, 0) is 25.7 Å². The van der Waals surface area contributed by atoms with Crippen molar-refractivity contribution < 1.29 is 33.4 Å². The standard InChI is InChI=1S/C19H26N2O7/c1-5-10-27-15(22)13-12-8-9-19(14(12)13,20-17(24)28-11-6-2)16(23)21(4)18(25)26-7-3/h5-6,12-14H,1-2,7-11H2,3-4H3,(H,20,24)/t12-,13-,14-,19-/m0/s1. The van der Waals surface area contributed by atoms with Gasteiger partial charge >= 0.3 is 18.2 Å². The second-order valence-corrected chi connectivity index (χ2v) is 6.72. The topological polar surface area (TPSA) is 111 Å². The average Bonchev–Trinajstić information content (AvgIpc) is 3.31. The number of fused-ring (bicyclic) bond motifs is 1. The Morgan fingerprint density at radius 1 is 1.14 bits per heavy atom. The zero-order valence-electron chi connectivity index (χ0n) is 16.1. The quantitative estimate of drug-likeness (QED) is 0.378. The first-order valence-electron chi connectivity index (χ1n) is 9.12. The van der Waals surface area contributed by atoms with Crippen molar-refractivity contribution in [1.29, 1.82) is 0 Å². The molecule has 3 amide bonds. The highest BCUT2D eigenvalue weighted by molar-refractivity contribution is 6.01. The number of nitrogens with one attached hydrogen (secondary N) is 1. The van der Waals surface area contributed by atoms with Gasteiger partial charge in [-0.3, -0.25) is 9.59 Å². The molecule has 28 heavy (non-hydrogen) atoms. The van der Waals surface area contributed by atoms with Crippen LogP contribution in [0.4, 0.5) is 9.59 Å². The van der Waals surface area contributed by atoms with Crippen LogP contribution in [0.3, 0.4) is 0 Å². The third kappa shape index (κ3) is 4.02. The first-order valence-corrected chi connectivity index (χ1v) is 9.12. The van der Waals surface area contributed by atoms with Gasteiger partial charge in [-0.15, -0.1) is 0 Å². The van der Waals surface area contributed by atoms with E-state index in [-0.39, 0.29) is 32.2 Å². The molecule has 0 saturated heterocycles. The number of alkyl carbamates (subject to hydrolysis) is 1. The number of imide groups is 1. The zero-order valence-corrected chi connectivity index (χ0v) is 16.1. The van der Waals surface area contributed by atoms with Crippen LogP contribution in [0.5, 0.6) is 0 Å². The minimum Gasteiger partial charge on any atom is -0.461 e. The van der Waals surface area contributed by atoms with E-state index in [0.29, 0.717) is 6.42 Å². The fourth-order valence-electron chi connectivity index (χ4n) is 3.93. The molecular formula is C19H26N2O7. The maximum atomic E-state index is 13.2. The number of ether oxygens (including phenoxy) is 3. The molecule has 2 fully saturated rings. The van der Waals surface area contributed by atoms with Crippen molar-refractivity contribution in [2.75, 3.05) is 26.9 Å². The predicted octanol–water partition coefficient (Wildman–Crippen LogP) is 1.64. The SMILES string of the molecule is C=CCOC(=O)N[C@@]1(C(=O)N(C)C(=O)OCC)CC[C@H]2[C@H](C(=O)OCC=C)[C@H]21. The highest BCUT2D eigenvalue weighted by atomic mass is 16.6. The molecule has 0 aromatic carbocycles. The monoisotopic (exact) mass is 394 g/mol. The Morgan fingerprint density at radius 2 is 1.79 bits per heavy atom. The molecule has 0 spiro atoms. The molecular weight excluding hydrogens is 368 g/mol. The molecule has 154 valence electrons. The lowest BCUT2D eigenvalue weighted by Crippen LogP contribution is -2.61. The highest BCUT2D eigenvalue weighted by Gasteiger charge is 2.72. The largest absolute Gasteiger partial charge is 0.461 e. The summed E-state index contributed by atoms with van der Waals surface area (Å²) in [6.07, 6.45) is 2.00. The van der Waals surface area contributed by atoms with Crippen LogP contribution in [-0.4, -0.2) is 61.4 Å². The molecule has 1 N–H and O–H groups in total. The van der Waals surface area contributed by atoms with E-state index in [1.54, 1.807) is 6.92 Å². The Labute approximate surface area is 163 Å². The molecule has 2 rings (SSSR count). The van der Waals surface area contributed by atoms with E-state index in [2.05, 4.69) is 18.5 Å². The second kappa shape index (κ2) is 8.90. The Kier molecular flexibility index (Phi) is 6.82. The summed E-state index contributed by atoms with van der Waals surface area (Å²) in [5, 5.41) is 2.60. The Morgan fingerprint density at radius 3 is 2.39 bits per heavy atom. The number of carbonyl (C=O) groups excluding carboxylic acids is 4. The lowest BCUT2D eigenvalue weighted by molar-refractivity contribution is -0.145. The lowest BCUT2D eigenvalue weighted by Gasteiger charge is -2.33. The Balaban J connectivity index is 2.25. The second-order valence-electron chi connectivity index (χ2n) is 6.72. The van der Waals surface area contributed by atoms with Gasteiger partial charge in [-0.1, -0.05) is 25.3 Å². The third-order valence-corrected chi connectivity index (χ3v) is 5.11. The van der Waals surface area contributed by atoms with E-state index >= 15 is 0 Å². The molecule has 2 aliphatic rings. The molecule has 2 saturated carbocycles. The van der Waals surface area contributed by atoms with Crippen molar-refractivity contribution in [3.05, 3.63) is 25.3 Å². The van der Waals surface area contributed by atoms with Gasteiger partial charge in [0.15, 0.2) is 0 Å². The van der Waals surface area contributed by atoms with Gasteiger partial charge in [0.05, 0.1) is 12.5 Å². The molecule has 0 unspecified atom stereocenters. The third-order valence-electron chi connectivity index (χ3n) is 5.11. The number of likely N-dealkylation sites (N-methyl/N-ethyl adjacent to an activating group) is 1. The maximum absolute atomic E-state index is 13.2. The number of carbonyl (C=O) groups is 4. The average molecular weight is 394 g/mol. The summed E-state index contributed by atoms with van der Waals surface area (Å²) >= 11 is 0. The van der Waals surface area contributed by atoms with Crippen molar-refractivity contribution in [2.24, 2.45) is 17.8 Å². The van der Waals surface area contributed by atoms with Gasteiger partial charge in [0.1, 0.15) is 18.8 Å². The van der Waals surface area contributed by atoms with Crippen LogP contribution < -0.4 is 5.32 Å². The molecule has 0 aromatic heterocycles. The number of hydrogen-bond acceptors (Lipinski definition) is 7. The van der Waals surface area contributed by atoms with E-state index in [4.69, 9.17) is 14.2 Å². The molecule has 0 heterocycles. The van der Waals surface area contributed by atoms with Gasteiger partial charge in [-0.2, -0.15) is 0 Å². The smallest absolute Gasteiger partial charge is 0.416 e. The summed E-state index contributed by atoms with van der Waals surface area (Å²) in [5.74, 6) is -2.23. The minimum atomic E-state index is -1.44. The van der Waals surface area contributed by atoms with Crippen LogP contribution in [0.15, 0.2) is 25.3 Å². The van der Waals surface area contributed by atoms with E-state index in [9.17, 15) is 19.2 Å². The normalized spacial score (nSPS) is 27.0. The number of nitrogens with zero attached hydrogens (tertiary/aromatic N) is 1. The molecule has 0 aliphatic heterocycles. The van der Waals surface area contributed by atoms with Crippen LogP contribution in [-0.2, 0) is 23.8 Å². The maximum Gasteiger partial charge on any atom is 0.416 e. The van der Waals surface area contributed by atoms with Gasteiger partial charge in [0.25, 0.3) is 5.91 Å². The predicted molar refractivity (Wildman–Crippen MR) is 98.1 cm³/mol. The first-order chi connectivity index (χ1) is 13.3. The van der Waals surface area contributed by atoms with Crippen molar-refractivity contribution in [3.63, 3.8) is 0 Å².